The lowest BCUT2D eigenvalue weighted by molar-refractivity contribution is 0.0942. The zero-order valence-electron chi connectivity index (χ0n) is 14.7. The molecule has 6 nitrogen and oxygen atoms in total. The van der Waals surface area contributed by atoms with E-state index in [4.69, 9.17) is 0 Å². The van der Waals surface area contributed by atoms with Crippen LogP contribution in [0.25, 0.3) is 0 Å². The van der Waals surface area contributed by atoms with Crippen LogP contribution in [0.5, 0.6) is 0 Å². The molecule has 0 atom stereocenters. The van der Waals surface area contributed by atoms with E-state index in [1.807, 2.05) is 21.7 Å². The summed E-state index contributed by atoms with van der Waals surface area (Å²) in [6, 6.07) is 2.30. The highest BCUT2D eigenvalue weighted by atomic mass is 32.1. The van der Waals surface area contributed by atoms with Crippen LogP contribution in [-0.2, 0) is 0 Å². The summed E-state index contributed by atoms with van der Waals surface area (Å²) >= 11 is 1.53. The van der Waals surface area contributed by atoms with Gasteiger partial charge in [0.1, 0.15) is 0 Å². The van der Waals surface area contributed by atoms with E-state index in [9.17, 15) is 9.59 Å². The molecular formula is C18H28N4O2S. The number of nitrogens with one attached hydrogen (secondary N) is 2. The van der Waals surface area contributed by atoms with Crippen molar-refractivity contribution < 1.29 is 9.59 Å². The van der Waals surface area contributed by atoms with E-state index >= 15 is 0 Å². The number of hydrogen-bond acceptors (Lipinski definition) is 4. The Labute approximate surface area is 153 Å². The molecule has 3 rings (SSSR count). The van der Waals surface area contributed by atoms with Gasteiger partial charge in [0, 0.05) is 56.3 Å². The quantitative estimate of drug-likeness (QED) is 0.841. The normalized spacial score (nSPS) is 19.6. The Balaban J connectivity index is 1.31. The molecule has 1 saturated heterocycles. The van der Waals surface area contributed by atoms with Crippen molar-refractivity contribution in [2.45, 2.75) is 38.1 Å². The predicted molar refractivity (Wildman–Crippen MR) is 100 cm³/mol. The summed E-state index contributed by atoms with van der Waals surface area (Å²) in [5.41, 5.74) is 0.731. The van der Waals surface area contributed by atoms with Crippen molar-refractivity contribution in [1.29, 1.82) is 0 Å². The Hall–Kier alpha value is -1.60. The lowest BCUT2D eigenvalue weighted by atomic mass is 9.96. The third-order valence-electron chi connectivity index (χ3n) is 5.09. The van der Waals surface area contributed by atoms with Gasteiger partial charge < -0.3 is 15.5 Å². The van der Waals surface area contributed by atoms with E-state index in [2.05, 4.69) is 15.5 Å². The molecule has 0 bridgehead atoms. The summed E-state index contributed by atoms with van der Waals surface area (Å²) in [4.78, 5) is 28.5. The third-order valence-corrected chi connectivity index (χ3v) is 5.77. The van der Waals surface area contributed by atoms with Gasteiger partial charge >= 0.3 is 6.03 Å². The van der Waals surface area contributed by atoms with Gasteiger partial charge in [0.2, 0.25) is 0 Å². The van der Waals surface area contributed by atoms with Crippen LogP contribution in [0, 0.1) is 0 Å². The number of amides is 3. The van der Waals surface area contributed by atoms with Gasteiger partial charge in [0.05, 0.1) is 0 Å². The topological polar surface area (TPSA) is 64.7 Å². The maximum Gasteiger partial charge on any atom is 0.317 e. The molecule has 25 heavy (non-hydrogen) atoms. The minimum absolute atomic E-state index is 0.00764. The summed E-state index contributed by atoms with van der Waals surface area (Å²) < 4.78 is 0. The fraction of sp³-hybridized carbons (Fsp3) is 0.667. The van der Waals surface area contributed by atoms with Gasteiger partial charge in [0.25, 0.3) is 5.91 Å². The Bertz CT molecular complexity index is 549. The van der Waals surface area contributed by atoms with Crippen molar-refractivity contribution in [1.82, 2.24) is 20.4 Å². The van der Waals surface area contributed by atoms with Gasteiger partial charge in [-0.2, -0.15) is 11.3 Å². The lowest BCUT2D eigenvalue weighted by Crippen LogP contribution is -2.54. The van der Waals surface area contributed by atoms with Crippen molar-refractivity contribution in [2.24, 2.45) is 0 Å². The number of urea groups is 1. The molecule has 0 radical (unpaired) electrons. The van der Waals surface area contributed by atoms with Crippen LogP contribution in [0.1, 0.15) is 42.5 Å². The number of carbonyl (C=O) groups is 2. The third kappa shape index (κ3) is 5.44. The highest BCUT2D eigenvalue weighted by Crippen LogP contribution is 2.17. The van der Waals surface area contributed by atoms with Gasteiger partial charge in [-0.1, -0.05) is 19.3 Å². The molecule has 1 aliphatic heterocycles. The smallest absolute Gasteiger partial charge is 0.317 e. The van der Waals surface area contributed by atoms with Gasteiger partial charge in [-0.25, -0.2) is 4.79 Å². The summed E-state index contributed by atoms with van der Waals surface area (Å²) in [7, 11) is 0. The molecule has 0 unspecified atom stereocenters. The average Bonchev–Trinajstić information content (AvgIpc) is 3.18. The first-order chi connectivity index (χ1) is 12.2. The molecule has 1 aromatic heterocycles. The zero-order valence-corrected chi connectivity index (χ0v) is 15.5. The van der Waals surface area contributed by atoms with Gasteiger partial charge in [-0.3, -0.25) is 9.69 Å². The number of carbonyl (C=O) groups excluding carboxylic acids is 2. The summed E-state index contributed by atoms with van der Waals surface area (Å²) in [6.07, 6.45) is 6.00. The molecule has 1 saturated carbocycles. The van der Waals surface area contributed by atoms with Crippen molar-refractivity contribution in [3.05, 3.63) is 22.4 Å². The fourth-order valence-corrected chi connectivity index (χ4v) is 4.15. The molecular weight excluding hydrogens is 336 g/mol. The molecule has 2 aliphatic rings. The first kappa shape index (κ1) is 18.2. The van der Waals surface area contributed by atoms with Crippen LogP contribution >= 0.6 is 11.3 Å². The van der Waals surface area contributed by atoms with Gasteiger partial charge in [-0.15, -0.1) is 0 Å². The summed E-state index contributed by atoms with van der Waals surface area (Å²) in [5, 5.41) is 9.91. The Kier molecular flexibility index (Phi) is 6.69. The average molecular weight is 365 g/mol. The number of rotatable bonds is 5. The SMILES string of the molecule is O=C(NCCN1CCN(C(=O)NC2CCCCC2)CC1)c1ccsc1. The van der Waals surface area contributed by atoms with Crippen LogP contribution in [-0.4, -0.2) is 67.0 Å². The van der Waals surface area contributed by atoms with E-state index in [0.29, 0.717) is 12.6 Å². The monoisotopic (exact) mass is 364 g/mol. The first-order valence-corrected chi connectivity index (χ1v) is 10.2. The maximum absolute atomic E-state index is 12.3. The van der Waals surface area contributed by atoms with Crippen LogP contribution in [0.4, 0.5) is 4.79 Å². The lowest BCUT2D eigenvalue weighted by Gasteiger charge is -2.36. The van der Waals surface area contributed by atoms with E-state index in [-0.39, 0.29) is 11.9 Å². The fourth-order valence-electron chi connectivity index (χ4n) is 3.51. The highest BCUT2D eigenvalue weighted by Gasteiger charge is 2.23. The number of nitrogens with zero attached hydrogens (tertiary/aromatic N) is 2. The molecule has 0 aromatic carbocycles. The molecule has 138 valence electrons. The summed E-state index contributed by atoms with van der Waals surface area (Å²) in [6.45, 7) is 4.73. The van der Waals surface area contributed by atoms with Crippen LogP contribution in [0.15, 0.2) is 16.8 Å². The molecule has 3 amide bonds. The van der Waals surface area contributed by atoms with Crippen molar-refractivity contribution in [3.8, 4) is 0 Å². The second kappa shape index (κ2) is 9.20. The second-order valence-corrected chi connectivity index (χ2v) is 7.66. The zero-order chi connectivity index (χ0) is 17.5. The Morgan fingerprint density at radius 2 is 1.88 bits per heavy atom. The van der Waals surface area contributed by atoms with Crippen molar-refractivity contribution in [2.75, 3.05) is 39.3 Å². The Morgan fingerprint density at radius 3 is 2.56 bits per heavy atom. The summed E-state index contributed by atoms with van der Waals surface area (Å²) in [5.74, 6) is -0.00764. The van der Waals surface area contributed by atoms with Crippen molar-refractivity contribution in [3.63, 3.8) is 0 Å². The molecule has 0 spiro atoms. The Morgan fingerprint density at radius 1 is 1.12 bits per heavy atom. The largest absolute Gasteiger partial charge is 0.351 e. The van der Waals surface area contributed by atoms with E-state index in [0.717, 1.165) is 51.1 Å². The van der Waals surface area contributed by atoms with Crippen LogP contribution in [0.2, 0.25) is 0 Å². The minimum Gasteiger partial charge on any atom is -0.351 e. The van der Waals surface area contributed by atoms with Crippen molar-refractivity contribution >= 4 is 23.3 Å². The van der Waals surface area contributed by atoms with E-state index < -0.39 is 0 Å². The van der Waals surface area contributed by atoms with Crippen LogP contribution < -0.4 is 10.6 Å². The van der Waals surface area contributed by atoms with Crippen LogP contribution in [0.3, 0.4) is 0 Å². The molecule has 1 aromatic rings. The number of thiophene rings is 1. The number of piperazine rings is 1. The van der Waals surface area contributed by atoms with Gasteiger partial charge in [0.15, 0.2) is 0 Å². The molecule has 2 fully saturated rings. The van der Waals surface area contributed by atoms with E-state index in [1.54, 1.807) is 0 Å². The standard InChI is InChI=1S/C18H28N4O2S/c23-17(15-6-13-25-14-15)19-7-8-21-9-11-22(12-10-21)18(24)20-16-4-2-1-3-5-16/h6,13-14,16H,1-5,7-12H2,(H,19,23)(H,20,24). The first-order valence-electron chi connectivity index (χ1n) is 9.30. The van der Waals surface area contributed by atoms with Gasteiger partial charge in [-0.05, 0) is 24.3 Å². The van der Waals surface area contributed by atoms with E-state index in [1.165, 1.54) is 30.6 Å². The molecule has 7 heteroatoms. The predicted octanol–water partition coefficient (Wildman–Crippen LogP) is 2.14. The number of hydrogen-bond donors (Lipinski definition) is 2. The minimum atomic E-state index is -0.00764. The maximum atomic E-state index is 12.3. The molecule has 1 aliphatic carbocycles. The second-order valence-electron chi connectivity index (χ2n) is 6.88. The molecule has 2 heterocycles. The highest BCUT2D eigenvalue weighted by molar-refractivity contribution is 7.08. The molecule has 2 N–H and O–H groups in total.